The fourth-order valence-corrected chi connectivity index (χ4v) is 5.27. The van der Waals surface area contributed by atoms with E-state index in [9.17, 15) is 18.0 Å². The maximum Gasteiger partial charge on any atom is 0.339 e. The summed E-state index contributed by atoms with van der Waals surface area (Å²) in [5.41, 5.74) is 1.03. The molecule has 0 amide bonds. The molecule has 2 aromatic rings. The molecule has 0 unspecified atom stereocenters. The molecule has 0 aromatic heterocycles. The lowest BCUT2D eigenvalue weighted by atomic mass is 9.98. The molecule has 1 fully saturated rings. The van der Waals surface area contributed by atoms with Gasteiger partial charge < -0.3 is 14.2 Å². The maximum atomic E-state index is 13.1. The molecule has 2 aromatic carbocycles. The van der Waals surface area contributed by atoms with Crippen LogP contribution in [0, 0.1) is 5.92 Å². The van der Waals surface area contributed by atoms with Gasteiger partial charge in [0.05, 0.1) is 37.2 Å². The lowest BCUT2D eigenvalue weighted by Gasteiger charge is -2.30. The van der Waals surface area contributed by atoms with Crippen LogP contribution in [-0.2, 0) is 30.7 Å². The molecule has 0 aliphatic carbocycles. The van der Waals surface area contributed by atoms with Gasteiger partial charge in [-0.05, 0) is 42.7 Å². The van der Waals surface area contributed by atoms with Crippen molar-refractivity contribution in [2.75, 3.05) is 33.9 Å². The van der Waals surface area contributed by atoms with Gasteiger partial charge in [0, 0.05) is 19.5 Å². The number of esters is 2. The molecule has 1 aliphatic heterocycles. The van der Waals surface area contributed by atoms with E-state index in [1.807, 2.05) is 24.3 Å². The minimum absolute atomic E-state index is 0.00457. The maximum absolute atomic E-state index is 13.1. The van der Waals surface area contributed by atoms with E-state index in [0.29, 0.717) is 19.3 Å². The average Bonchev–Trinajstić information content (AvgIpc) is 2.84. The summed E-state index contributed by atoms with van der Waals surface area (Å²) in [5.74, 6) is -0.611. The predicted octanol–water partition coefficient (Wildman–Crippen LogP) is 2.67. The Hall–Kier alpha value is -2.91. The highest BCUT2D eigenvalue weighted by Crippen LogP contribution is 2.27. The Labute approximate surface area is 188 Å². The number of benzene rings is 2. The van der Waals surface area contributed by atoms with Crippen LogP contribution in [0.15, 0.2) is 53.4 Å². The summed E-state index contributed by atoms with van der Waals surface area (Å²) in [7, 11) is -1.08. The molecule has 1 aliphatic rings. The van der Waals surface area contributed by atoms with E-state index in [1.165, 1.54) is 23.5 Å². The molecular weight excluding hydrogens is 434 g/mol. The minimum Gasteiger partial charge on any atom is -0.497 e. The van der Waals surface area contributed by atoms with Crippen LogP contribution in [0.25, 0.3) is 0 Å². The Kier molecular flexibility index (Phi) is 7.87. The third-order valence-corrected chi connectivity index (χ3v) is 7.45. The highest BCUT2D eigenvalue weighted by molar-refractivity contribution is 7.89. The second-order valence-corrected chi connectivity index (χ2v) is 9.34. The lowest BCUT2D eigenvalue weighted by molar-refractivity contribution is -0.149. The van der Waals surface area contributed by atoms with E-state index in [2.05, 4.69) is 0 Å². The predicted molar refractivity (Wildman–Crippen MR) is 117 cm³/mol. The number of carbonyl (C=O) groups excluding carboxylic acids is 2. The van der Waals surface area contributed by atoms with Crippen molar-refractivity contribution in [3.05, 3.63) is 59.7 Å². The van der Waals surface area contributed by atoms with Gasteiger partial charge in [-0.25, -0.2) is 13.2 Å². The molecule has 172 valence electrons. The quantitative estimate of drug-likeness (QED) is 0.557. The molecule has 8 nitrogen and oxygen atoms in total. The van der Waals surface area contributed by atoms with E-state index in [0.717, 1.165) is 11.3 Å². The summed E-state index contributed by atoms with van der Waals surface area (Å²) < 4.78 is 42.7. The Morgan fingerprint density at radius 2 is 1.66 bits per heavy atom. The van der Waals surface area contributed by atoms with Crippen LogP contribution in [0.5, 0.6) is 5.75 Å². The first kappa shape index (κ1) is 23.7. The van der Waals surface area contributed by atoms with E-state index in [-0.39, 0.29) is 42.0 Å². The van der Waals surface area contributed by atoms with Gasteiger partial charge in [-0.1, -0.05) is 24.3 Å². The van der Waals surface area contributed by atoms with Crippen molar-refractivity contribution in [2.45, 2.75) is 24.2 Å². The van der Waals surface area contributed by atoms with Crippen molar-refractivity contribution in [2.24, 2.45) is 5.92 Å². The standard InChI is InChI=1S/C23H27NO7S/c1-29-19-9-7-17(8-10-19)13-16-31-22(25)18-11-14-24(15-12-18)32(27,28)21-6-4-3-5-20(21)23(26)30-2/h3-10,18H,11-16H2,1-2H3. The third kappa shape index (κ3) is 5.46. The number of carbonyl (C=O) groups is 2. The Bertz CT molecular complexity index is 1040. The summed E-state index contributed by atoms with van der Waals surface area (Å²) in [4.78, 5) is 24.3. The van der Waals surface area contributed by atoms with Crippen LogP contribution in [-0.4, -0.2) is 58.6 Å². The first-order valence-electron chi connectivity index (χ1n) is 10.3. The SMILES string of the molecule is COC(=O)c1ccccc1S(=O)(=O)N1CCC(C(=O)OCCc2ccc(OC)cc2)CC1. The molecule has 9 heteroatoms. The second kappa shape index (κ2) is 10.6. The number of piperidine rings is 1. The lowest BCUT2D eigenvalue weighted by Crippen LogP contribution is -2.41. The van der Waals surface area contributed by atoms with Crippen LogP contribution < -0.4 is 4.74 Å². The van der Waals surface area contributed by atoms with Gasteiger partial charge in [-0.3, -0.25) is 4.79 Å². The largest absolute Gasteiger partial charge is 0.497 e. The van der Waals surface area contributed by atoms with Crippen LogP contribution in [0.1, 0.15) is 28.8 Å². The molecule has 0 spiro atoms. The summed E-state index contributed by atoms with van der Waals surface area (Å²) in [5, 5.41) is 0. The normalized spacial score (nSPS) is 15.2. The molecule has 0 atom stereocenters. The number of nitrogens with zero attached hydrogens (tertiary/aromatic N) is 1. The van der Waals surface area contributed by atoms with Crippen molar-refractivity contribution in [1.82, 2.24) is 4.31 Å². The molecule has 0 bridgehead atoms. The Balaban J connectivity index is 1.54. The summed E-state index contributed by atoms with van der Waals surface area (Å²) in [6.45, 7) is 0.613. The van der Waals surface area contributed by atoms with Crippen molar-refractivity contribution < 1.29 is 32.2 Å². The van der Waals surface area contributed by atoms with E-state index < -0.39 is 16.0 Å². The van der Waals surface area contributed by atoms with E-state index in [4.69, 9.17) is 14.2 Å². The summed E-state index contributed by atoms with van der Waals surface area (Å²) in [6, 6.07) is 13.5. The summed E-state index contributed by atoms with van der Waals surface area (Å²) in [6.07, 6.45) is 1.31. The van der Waals surface area contributed by atoms with Crippen molar-refractivity contribution in [3.8, 4) is 5.75 Å². The van der Waals surface area contributed by atoms with E-state index >= 15 is 0 Å². The second-order valence-electron chi connectivity index (χ2n) is 7.43. The van der Waals surface area contributed by atoms with Gasteiger partial charge in [0.2, 0.25) is 10.0 Å². The zero-order valence-corrected chi connectivity index (χ0v) is 19.0. The van der Waals surface area contributed by atoms with Crippen LogP contribution in [0.2, 0.25) is 0 Å². The molecule has 0 radical (unpaired) electrons. The molecule has 3 rings (SSSR count). The fraction of sp³-hybridized carbons (Fsp3) is 0.391. The zero-order valence-electron chi connectivity index (χ0n) is 18.2. The van der Waals surface area contributed by atoms with Gasteiger partial charge >= 0.3 is 11.9 Å². The average molecular weight is 462 g/mol. The van der Waals surface area contributed by atoms with Gasteiger partial charge in [0.25, 0.3) is 0 Å². The molecule has 32 heavy (non-hydrogen) atoms. The van der Waals surface area contributed by atoms with Gasteiger partial charge in [-0.2, -0.15) is 4.31 Å². The fourth-order valence-electron chi connectivity index (χ4n) is 3.62. The highest BCUT2D eigenvalue weighted by atomic mass is 32.2. The van der Waals surface area contributed by atoms with Crippen LogP contribution in [0.3, 0.4) is 0 Å². The molecular formula is C23H27NO7S. The van der Waals surface area contributed by atoms with Crippen molar-refractivity contribution in [3.63, 3.8) is 0 Å². The van der Waals surface area contributed by atoms with Crippen LogP contribution >= 0.6 is 0 Å². The van der Waals surface area contributed by atoms with Gasteiger partial charge in [0.1, 0.15) is 5.75 Å². The molecule has 0 N–H and O–H groups in total. The van der Waals surface area contributed by atoms with Crippen molar-refractivity contribution in [1.29, 1.82) is 0 Å². The molecule has 0 saturated carbocycles. The number of hydrogen-bond acceptors (Lipinski definition) is 7. The Morgan fingerprint density at radius 1 is 1.00 bits per heavy atom. The number of rotatable bonds is 8. The minimum atomic E-state index is -3.89. The van der Waals surface area contributed by atoms with Crippen LogP contribution in [0.4, 0.5) is 0 Å². The van der Waals surface area contributed by atoms with Gasteiger partial charge in [-0.15, -0.1) is 0 Å². The van der Waals surface area contributed by atoms with E-state index in [1.54, 1.807) is 19.2 Å². The zero-order chi connectivity index (χ0) is 23.1. The molecule has 1 heterocycles. The number of ether oxygens (including phenoxy) is 3. The first-order chi connectivity index (χ1) is 15.4. The van der Waals surface area contributed by atoms with Crippen molar-refractivity contribution >= 4 is 22.0 Å². The van der Waals surface area contributed by atoms with Gasteiger partial charge in [0.15, 0.2) is 0 Å². The number of hydrogen-bond donors (Lipinski definition) is 0. The first-order valence-corrected chi connectivity index (χ1v) is 11.8. The number of sulfonamides is 1. The monoisotopic (exact) mass is 461 g/mol. The molecule has 1 saturated heterocycles. The smallest absolute Gasteiger partial charge is 0.339 e. The highest BCUT2D eigenvalue weighted by Gasteiger charge is 2.34. The summed E-state index contributed by atoms with van der Waals surface area (Å²) >= 11 is 0. The number of methoxy groups -OCH3 is 2. The topological polar surface area (TPSA) is 99.2 Å². The third-order valence-electron chi connectivity index (χ3n) is 5.49. The Morgan fingerprint density at radius 3 is 2.28 bits per heavy atom.